The van der Waals surface area contributed by atoms with Crippen molar-refractivity contribution in [3.63, 3.8) is 0 Å². The fraction of sp³-hybridized carbons (Fsp3) is 0.333. The molecular formula is C24H25N5O2. The van der Waals surface area contributed by atoms with Gasteiger partial charge in [-0.3, -0.25) is 9.59 Å². The standard InChI is InChI=1S/C24H25N5O2/c1-14-10-11-18-19(13-14)26-22(25-18)20-9-5-6-12-29(20)24(31)15(2)21-16-7-3-4-8-17(16)23(30)28-27-21/h3-4,7-8,10-11,13,15,20H,5-6,9,12H2,1-2H3,(H,25,26)(H,28,30). The van der Waals surface area contributed by atoms with Gasteiger partial charge in [0.25, 0.3) is 5.56 Å². The van der Waals surface area contributed by atoms with Crippen LogP contribution >= 0.6 is 0 Å². The molecule has 3 heterocycles. The lowest BCUT2D eigenvalue weighted by atomic mass is 9.96. The molecule has 1 aliphatic rings. The van der Waals surface area contributed by atoms with Gasteiger partial charge in [0.1, 0.15) is 5.82 Å². The lowest BCUT2D eigenvalue weighted by Gasteiger charge is -2.36. The maximum Gasteiger partial charge on any atom is 0.272 e. The van der Waals surface area contributed by atoms with E-state index >= 15 is 0 Å². The molecule has 5 rings (SSSR count). The van der Waals surface area contributed by atoms with Crippen molar-refractivity contribution in [3.05, 3.63) is 69.9 Å². The predicted octanol–water partition coefficient (Wildman–Crippen LogP) is 3.97. The van der Waals surface area contributed by atoms with E-state index in [1.165, 1.54) is 5.56 Å². The van der Waals surface area contributed by atoms with E-state index in [-0.39, 0.29) is 17.5 Å². The molecule has 2 aromatic heterocycles. The van der Waals surface area contributed by atoms with Crippen LogP contribution in [0, 0.1) is 6.92 Å². The minimum Gasteiger partial charge on any atom is -0.340 e. The first-order chi connectivity index (χ1) is 15.0. The number of carbonyl (C=O) groups excluding carboxylic acids is 1. The molecule has 0 spiro atoms. The number of amides is 1. The number of fused-ring (bicyclic) bond motifs is 2. The largest absolute Gasteiger partial charge is 0.340 e. The van der Waals surface area contributed by atoms with Crippen LogP contribution in [-0.2, 0) is 4.79 Å². The van der Waals surface area contributed by atoms with E-state index in [1.807, 2.05) is 42.2 Å². The molecule has 7 heteroatoms. The Morgan fingerprint density at radius 3 is 2.81 bits per heavy atom. The Balaban J connectivity index is 1.51. The lowest BCUT2D eigenvalue weighted by molar-refractivity contribution is -0.136. The van der Waals surface area contributed by atoms with Gasteiger partial charge < -0.3 is 9.88 Å². The maximum atomic E-state index is 13.6. The summed E-state index contributed by atoms with van der Waals surface area (Å²) >= 11 is 0. The second-order valence-electron chi connectivity index (χ2n) is 8.39. The van der Waals surface area contributed by atoms with Crippen molar-refractivity contribution < 1.29 is 4.79 Å². The average Bonchev–Trinajstić information content (AvgIpc) is 3.22. The Morgan fingerprint density at radius 1 is 1.16 bits per heavy atom. The van der Waals surface area contributed by atoms with Crippen LogP contribution in [0.1, 0.15) is 55.2 Å². The van der Waals surface area contributed by atoms with E-state index in [0.717, 1.165) is 41.5 Å². The maximum absolute atomic E-state index is 13.6. The Hall–Kier alpha value is -3.48. The minimum absolute atomic E-state index is 0.00559. The topological polar surface area (TPSA) is 94.7 Å². The number of carbonyl (C=O) groups is 1. The van der Waals surface area contributed by atoms with E-state index in [0.29, 0.717) is 17.6 Å². The van der Waals surface area contributed by atoms with Crippen LogP contribution in [0.25, 0.3) is 21.8 Å². The third kappa shape index (κ3) is 3.40. The molecule has 7 nitrogen and oxygen atoms in total. The van der Waals surface area contributed by atoms with Crippen LogP contribution in [-0.4, -0.2) is 37.5 Å². The first-order valence-corrected chi connectivity index (χ1v) is 10.8. The van der Waals surface area contributed by atoms with E-state index in [2.05, 4.69) is 28.2 Å². The van der Waals surface area contributed by atoms with Gasteiger partial charge in [-0.1, -0.05) is 24.3 Å². The Labute approximate surface area is 179 Å². The smallest absolute Gasteiger partial charge is 0.272 e. The number of aromatic nitrogens is 4. The number of aromatic amines is 2. The summed E-state index contributed by atoms with van der Waals surface area (Å²) in [6, 6.07) is 13.3. The van der Waals surface area contributed by atoms with Crippen molar-refractivity contribution in [2.24, 2.45) is 0 Å². The van der Waals surface area contributed by atoms with E-state index in [1.54, 1.807) is 6.07 Å². The number of nitrogens with one attached hydrogen (secondary N) is 2. The number of aryl methyl sites for hydroxylation is 1. The highest BCUT2D eigenvalue weighted by molar-refractivity contribution is 5.91. The highest BCUT2D eigenvalue weighted by Crippen LogP contribution is 2.34. The molecule has 2 unspecified atom stereocenters. The zero-order valence-electron chi connectivity index (χ0n) is 17.7. The van der Waals surface area contributed by atoms with Gasteiger partial charge in [-0.2, -0.15) is 5.10 Å². The normalized spacial score (nSPS) is 17.9. The highest BCUT2D eigenvalue weighted by atomic mass is 16.2. The van der Waals surface area contributed by atoms with Gasteiger partial charge in [0.05, 0.1) is 34.1 Å². The molecule has 1 saturated heterocycles. The lowest BCUT2D eigenvalue weighted by Crippen LogP contribution is -2.41. The summed E-state index contributed by atoms with van der Waals surface area (Å²) < 4.78 is 0. The molecule has 0 radical (unpaired) electrons. The molecule has 2 atom stereocenters. The van der Waals surface area contributed by atoms with Crippen molar-refractivity contribution in [2.45, 2.75) is 45.1 Å². The molecule has 2 aromatic carbocycles. The number of piperidine rings is 1. The van der Waals surface area contributed by atoms with Crippen LogP contribution in [0.2, 0.25) is 0 Å². The van der Waals surface area contributed by atoms with E-state index < -0.39 is 5.92 Å². The Morgan fingerprint density at radius 2 is 1.97 bits per heavy atom. The molecule has 0 saturated carbocycles. The van der Waals surface area contributed by atoms with Crippen molar-refractivity contribution in [1.29, 1.82) is 0 Å². The van der Waals surface area contributed by atoms with Crippen LogP contribution in [0.15, 0.2) is 47.3 Å². The number of hydrogen-bond acceptors (Lipinski definition) is 4. The van der Waals surface area contributed by atoms with Gasteiger partial charge in [-0.25, -0.2) is 10.1 Å². The molecule has 0 bridgehead atoms. The number of nitrogens with zero attached hydrogens (tertiary/aromatic N) is 3. The molecule has 158 valence electrons. The number of imidazole rings is 1. The van der Waals surface area contributed by atoms with Gasteiger partial charge in [0.2, 0.25) is 5.91 Å². The first-order valence-electron chi connectivity index (χ1n) is 10.8. The predicted molar refractivity (Wildman–Crippen MR) is 120 cm³/mol. The zero-order chi connectivity index (χ0) is 21.5. The van der Waals surface area contributed by atoms with Crippen LogP contribution in [0.3, 0.4) is 0 Å². The summed E-state index contributed by atoms with van der Waals surface area (Å²) in [6.07, 6.45) is 2.89. The Bertz CT molecular complexity index is 1340. The first kappa shape index (κ1) is 19.5. The quantitative estimate of drug-likeness (QED) is 0.529. The van der Waals surface area contributed by atoms with Gasteiger partial charge in [0.15, 0.2) is 0 Å². The second-order valence-corrected chi connectivity index (χ2v) is 8.39. The summed E-state index contributed by atoms with van der Waals surface area (Å²) in [5.41, 5.74) is 3.44. The number of H-pyrrole nitrogens is 2. The number of hydrogen-bond donors (Lipinski definition) is 2. The molecular weight excluding hydrogens is 390 g/mol. The summed E-state index contributed by atoms with van der Waals surface area (Å²) in [5, 5.41) is 8.08. The third-order valence-corrected chi connectivity index (χ3v) is 6.26. The minimum atomic E-state index is -0.478. The van der Waals surface area contributed by atoms with Crippen molar-refractivity contribution in [2.75, 3.05) is 6.54 Å². The number of rotatable bonds is 3. The van der Waals surface area contributed by atoms with Gasteiger partial charge >= 0.3 is 0 Å². The fourth-order valence-electron chi connectivity index (χ4n) is 4.61. The number of benzene rings is 2. The molecule has 1 aliphatic heterocycles. The Kier molecular flexibility index (Phi) is 4.81. The van der Waals surface area contributed by atoms with Crippen LogP contribution in [0.4, 0.5) is 0 Å². The van der Waals surface area contributed by atoms with Crippen LogP contribution < -0.4 is 5.56 Å². The summed E-state index contributed by atoms with van der Waals surface area (Å²) in [5.74, 6) is 0.361. The summed E-state index contributed by atoms with van der Waals surface area (Å²) in [6.45, 7) is 4.61. The van der Waals surface area contributed by atoms with Crippen molar-refractivity contribution in [1.82, 2.24) is 25.1 Å². The average molecular weight is 415 g/mol. The summed E-state index contributed by atoms with van der Waals surface area (Å²) in [4.78, 5) is 35.9. The SMILES string of the molecule is Cc1ccc2nc(C3CCCCN3C(=O)C(C)c3n[nH]c(=O)c4ccccc34)[nH]c2c1. The molecule has 1 amide bonds. The second kappa shape index (κ2) is 7.65. The molecule has 2 N–H and O–H groups in total. The molecule has 0 aliphatic carbocycles. The molecule has 4 aromatic rings. The number of likely N-dealkylation sites (tertiary alicyclic amines) is 1. The zero-order valence-corrected chi connectivity index (χ0v) is 17.7. The summed E-state index contributed by atoms with van der Waals surface area (Å²) in [7, 11) is 0. The van der Waals surface area contributed by atoms with Crippen molar-refractivity contribution >= 4 is 27.7 Å². The van der Waals surface area contributed by atoms with Crippen LogP contribution in [0.5, 0.6) is 0 Å². The van der Waals surface area contributed by atoms with E-state index in [4.69, 9.17) is 4.98 Å². The van der Waals surface area contributed by atoms with Gasteiger partial charge in [0, 0.05) is 11.9 Å². The fourth-order valence-corrected chi connectivity index (χ4v) is 4.61. The van der Waals surface area contributed by atoms with Gasteiger partial charge in [-0.15, -0.1) is 0 Å². The molecule has 31 heavy (non-hydrogen) atoms. The third-order valence-electron chi connectivity index (χ3n) is 6.26. The monoisotopic (exact) mass is 415 g/mol. The van der Waals surface area contributed by atoms with Gasteiger partial charge in [-0.05, 0) is 56.9 Å². The van der Waals surface area contributed by atoms with Crippen molar-refractivity contribution in [3.8, 4) is 0 Å². The van der Waals surface area contributed by atoms with E-state index in [9.17, 15) is 9.59 Å². The molecule has 1 fully saturated rings. The highest BCUT2D eigenvalue weighted by Gasteiger charge is 2.34.